The number of aliphatic carboxylic acids is 1. The molecule has 3 N–H and O–H groups in total. The Morgan fingerprint density at radius 1 is 0.884 bits per heavy atom. The van der Waals surface area contributed by atoms with Gasteiger partial charge in [0, 0.05) is 44.1 Å². The second-order valence-corrected chi connectivity index (χ2v) is 11.2. The number of nitrogens with zero attached hydrogens (tertiary/aromatic N) is 1. The number of carbonyl (C=O) groups excluding carboxylic acids is 1. The lowest BCUT2D eigenvalue weighted by Crippen LogP contribution is -2.47. The molecule has 0 spiro atoms. The van der Waals surface area contributed by atoms with E-state index in [1.165, 1.54) is 0 Å². The first kappa shape index (κ1) is 30.8. The van der Waals surface area contributed by atoms with Gasteiger partial charge in [-0.3, -0.25) is 14.5 Å². The number of carbonyl (C=O) groups is 2. The molecule has 1 amide bonds. The Bertz CT molecular complexity index is 1360. The molecule has 0 aliphatic carbocycles. The maximum atomic E-state index is 11.9. The van der Waals surface area contributed by atoms with Crippen LogP contribution in [0.2, 0.25) is 0 Å². The molecule has 0 aromatic heterocycles. The number of benzene rings is 3. The number of morpholine rings is 1. The maximum Gasteiger partial charge on any atom is 0.303 e. The van der Waals surface area contributed by atoms with Crippen molar-refractivity contribution < 1.29 is 34.0 Å². The summed E-state index contributed by atoms with van der Waals surface area (Å²) in [6.45, 7) is 6.53. The fourth-order valence-electron chi connectivity index (χ4n) is 5.57. The van der Waals surface area contributed by atoms with Crippen molar-refractivity contribution in [3.05, 3.63) is 95.1 Å². The van der Waals surface area contributed by atoms with Gasteiger partial charge in [-0.05, 0) is 33.9 Å². The summed E-state index contributed by atoms with van der Waals surface area (Å²) in [5.41, 5.74) is 5.82. The Morgan fingerprint density at radius 2 is 1.60 bits per heavy atom. The molecular formula is C34H40N2O7. The third-order valence-electron chi connectivity index (χ3n) is 8.16. The summed E-state index contributed by atoms with van der Waals surface area (Å²) in [6, 6.07) is 24.0. The minimum atomic E-state index is -0.987. The maximum absolute atomic E-state index is 11.9. The monoisotopic (exact) mass is 588 g/mol. The Balaban J connectivity index is 1.30. The van der Waals surface area contributed by atoms with Crippen molar-refractivity contribution >= 4 is 11.9 Å². The van der Waals surface area contributed by atoms with Crippen LogP contribution in [0.4, 0.5) is 0 Å². The van der Waals surface area contributed by atoms with E-state index in [1.807, 2.05) is 72.8 Å². The molecule has 5 rings (SSSR count). The second-order valence-electron chi connectivity index (χ2n) is 11.2. The van der Waals surface area contributed by atoms with Gasteiger partial charge < -0.3 is 29.7 Å². The largest absolute Gasteiger partial charge is 0.481 e. The van der Waals surface area contributed by atoms with E-state index in [9.17, 15) is 14.7 Å². The highest BCUT2D eigenvalue weighted by atomic mass is 16.7. The molecule has 2 heterocycles. The average molecular weight is 589 g/mol. The van der Waals surface area contributed by atoms with Crippen molar-refractivity contribution in [2.75, 3.05) is 32.8 Å². The molecule has 0 radical (unpaired) electrons. The summed E-state index contributed by atoms with van der Waals surface area (Å²) >= 11 is 0. The molecule has 0 unspecified atom stereocenters. The van der Waals surface area contributed by atoms with Crippen molar-refractivity contribution in [3.63, 3.8) is 0 Å². The summed E-state index contributed by atoms with van der Waals surface area (Å²) in [5.74, 6) is -1.15. The van der Waals surface area contributed by atoms with Gasteiger partial charge >= 0.3 is 5.97 Å². The zero-order valence-corrected chi connectivity index (χ0v) is 24.5. The van der Waals surface area contributed by atoms with E-state index < -0.39 is 12.3 Å². The molecule has 4 atom stereocenters. The third-order valence-corrected chi connectivity index (χ3v) is 8.16. The van der Waals surface area contributed by atoms with Gasteiger partial charge in [0.1, 0.15) is 0 Å². The summed E-state index contributed by atoms with van der Waals surface area (Å²) in [6.07, 6.45) is -0.967. The van der Waals surface area contributed by atoms with Gasteiger partial charge in [-0.2, -0.15) is 0 Å². The van der Waals surface area contributed by atoms with Crippen molar-refractivity contribution in [3.8, 4) is 11.1 Å². The molecular weight excluding hydrogens is 548 g/mol. The Kier molecular flexibility index (Phi) is 10.6. The number of hydrogen-bond donors (Lipinski definition) is 3. The normalized spacial score (nSPS) is 22.7. The molecule has 2 aliphatic heterocycles. The van der Waals surface area contributed by atoms with Crippen molar-refractivity contribution in [1.29, 1.82) is 0 Å². The van der Waals surface area contributed by atoms with Gasteiger partial charge in [-0.15, -0.1) is 0 Å². The van der Waals surface area contributed by atoms with E-state index in [2.05, 4.69) is 17.1 Å². The van der Waals surface area contributed by atoms with Crippen LogP contribution in [0.25, 0.3) is 11.1 Å². The Labute approximate surface area is 252 Å². The smallest absolute Gasteiger partial charge is 0.303 e. The molecule has 9 nitrogen and oxygen atoms in total. The van der Waals surface area contributed by atoms with Crippen LogP contribution < -0.4 is 5.32 Å². The zero-order valence-electron chi connectivity index (χ0n) is 24.5. The minimum Gasteiger partial charge on any atom is -0.481 e. The van der Waals surface area contributed by atoms with Crippen LogP contribution >= 0.6 is 0 Å². The van der Waals surface area contributed by atoms with Crippen molar-refractivity contribution in [2.24, 2.45) is 5.92 Å². The number of ether oxygens (including phenoxy) is 3. The predicted molar refractivity (Wildman–Crippen MR) is 161 cm³/mol. The number of carboxylic acid groups (broad SMARTS) is 1. The van der Waals surface area contributed by atoms with E-state index >= 15 is 0 Å². The topological polar surface area (TPSA) is 118 Å². The lowest BCUT2D eigenvalue weighted by Gasteiger charge is -2.43. The molecule has 43 heavy (non-hydrogen) atoms. The van der Waals surface area contributed by atoms with E-state index in [0.717, 1.165) is 66.2 Å². The number of aliphatic hydroxyl groups excluding tert-OH is 1. The SMILES string of the molecule is C[C@@H]1[C@H](CN2CCOCC2)O[C@H](c2ccc(-c3cccc(CNC(=O)CCC(=O)O)c3)cc2)O[C@@H]1c1ccc(CO)cc1. The number of carboxylic acids is 1. The molecule has 2 aliphatic rings. The summed E-state index contributed by atoms with van der Waals surface area (Å²) in [5, 5.41) is 21.1. The molecule has 228 valence electrons. The fraction of sp³-hybridized carbons (Fsp3) is 0.412. The number of rotatable bonds is 11. The van der Waals surface area contributed by atoms with E-state index in [-0.39, 0.29) is 43.5 Å². The summed E-state index contributed by atoms with van der Waals surface area (Å²) in [4.78, 5) is 25.0. The molecule has 2 saturated heterocycles. The molecule has 0 bridgehead atoms. The van der Waals surface area contributed by atoms with Crippen LogP contribution in [-0.4, -0.2) is 65.9 Å². The zero-order chi connectivity index (χ0) is 30.2. The second kappa shape index (κ2) is 14.7. The first-order chi connectivity index (χ1) is 20.9. The molecule has 0 saturated carbocycles. The van der Waals surface area contributed by atoms with Crippen LogP contribution in [-0.2, 0) is 37.0 Å². The van der Waals surface area contributed by atoms with Crippen LogP contribution in [0, 0.1) is 5.92 Å². The van der Waals surface area contributed by atoms with Crippen LogP contribution in [0.1, 0.15) is 54.4 Å². The van der Waals surface area contributed by atoms with Crippen molar-refractivity contribution in [2.45, 2.75) is 51.4 Å². The van der Waals surface area contributed by atoms with E-state index in [1.54, 1.807) is 0 Å². The lowest BCUT2D eigenvalue weighted by molar-refractivity contribution is -0.277. The van der Waals surface area contributed by atoms with Gasteiger partial charge in [0.25, 0.3) is 0 Å². The van der Waals surface area contributed by atoms with E-state index in [0.29, 0.717) is 6.54 Å². The number of aliphatic hydroxyl groups is 1. The summed E-state index contributed by atoms with van der Waals surface area (Å²) in [7, 11) is 0. The highest BCUT2D eigenvalue weighted by Crippen LogP contribution is 2.42. The first-order valence-corrected chi connectivity index (χ1v) is 14.9. The Hall–Kier alpha value is -3.60. The molecule has 3 aromatic rings. The fourth-order valence-corrected chi connectivity index (χ4v) is 5.57. The highest BCUT2D eigenvalue weighted by Gasteiger charge is 2.39. The number of hydrogen-bond acceptors (Lipinski definition) is 7. The van der Waals surface area contributed by atoms with Gasteiger partial charge in [-0.25, -0.2) is 0 Å². The number of amides is 1. The molecule has 3 aromatic carbocycles. The number of nitrogens with one attached hydrogen (secondary N) is 1. The molecule has 2 fully saturated rings. The van der Waals surface area contributed by atoms with Gasteiger partial charge in [-0.1, -0.05) is 73.7 Å². The third kappa shape index (κ3) is 8.28. The summed E-state index contributed by atoms with van der Waals surface area (Å²) < 4.78 is 18.8. The highest BCUT2D eigenvalue weighted by molar-refractivity contribution is 5.80. The quantitative estimate of drug-likeness (QED) is 0.301. The van der Waals surface area contributed by atoms with Crippen LogP contribution in [0.3, 0.4) is 0 Å². The van der Waals surface area contributed by atoms with E-state index in [4.69, 9.17) is 19.3 Å². The van der Waals surface area contributed by atoms with Gasteiger partial charge in [0.2, 0.25) is 5.91 Å². The first-order valence-electron chi connectivity index (χ1n) is 14.9. The minimum absolute atomic E-state index is 0.00341. The van der Waals surface area contributed by atoms with Crippen LogP contribution in [0.15, 0.2) is 72.8 Å². The van der Waals surface area contributed by atoms with Crippen molar-refractivity contribution in [1.82, 2.24) is 10.2 Å². The van der Waals surface area contributed by atoms with Gasteiger partial charge in [0.15, 0.2) is 6.29 Å². The van der Waals surface area contributed by atoms with Gasteiger partial charge in [0.05, 0.1) is 38.4 Å². The average Bonchev–Trinajstić information content (AvgIpc) is 3.04. The molecule has 9 heteroatoms. The van der Waals surface area contributed by atoms with Crippen LogP contribution in [0.5, 0.6) is 0 Å². The lowest BCUT2D eigenvalue weighted by atomic mass is 9.90. The predicted octanol–water partition coefficient (Wildman–Crippen LogP) is 4.45. The Morgan fingerprint density at radius 3 is 2.30 bits per heavy atom. The standard InChI is InChI=1S/C34H40N2O7/c1-23-30(21-36-15-17-41-18-16-36)42-34(43-33(23)27-7-5-24(22-37)6-8-27)28-11-9-26(10-12-28)29-4-2-3-25(19-29)20-35-31(38)13-14-32(39)40/h2-12,19,23,30,33-34,37H,13-18,20-22H2,1H3,(H,35,38)(H,39,40)/t23-,30+,33+,34+/m1/s1.